The van der Waals surface area contributed by atoms with Gasteiger partial charge in [-0.25, -0.2) is 0 Å². The molecule has 0 aromatic rings. The topological polar surface area (TPSA) is 27.7 Å². The van der Waals surface area contributed by atoms with Crippen LogP contribution in [0.15, 0.2) is 0 Å². The molecule has 0 aromatic heterocycles. The molecule has 6 atom stereocenters. The van der Waals surface area contributed by atoms with Gasteiger partial charge in [-0.1, -0.05) is 155 Å². The molecule has 0 aromatic carbocycles. The van der Waals surface area contributed by atoms with Gasteiger partial charge in [0, 0.05) is 19.8 Å². The Morgan fingerprint density at radius 3 is 1.36 bits per heavy atom. The van der Waals surface area contributed by atoms with Crippen LogP contribution in [-0.4, -0.2) is 38.1 Å². The highest BCUT2D eigenvalue weighted by Gasteiger charge is 2.41. The first-order chi connectivity index (χ1) is 26.3. The summed E-state index contributed by atoms with van der Waals surface area (Å²) in [5, 5.41) is 0. The fraction of sp³-hybridized carbons (Fsp3) is 1.00. The minimum atomic E-state index is 0.554. The van der Waals surface area contributed by atoms with Gasteiger partial charge in [-0.2, -0.15) is 0 Å². The second-order valence-electron chi connectivity index (χ2n) is 23.0. The first-order valence-electron chi connectivity index (χ1n) is 25.2. The third-order valence-electron chi connectivity index (χ3n) is 15.8. The lowest BCUT2D eigenvalue weighted by Crippen LogP contribution is -2.30. The zero-order valence-electron chi connectivity index (χ0n) is 41.0. The summed E-state index contributed by atoms with van der Waals surface area (Å²) in [6.45, 7) is 38.0. The van der Waals surface area contributed by atoms with Crippen molar-refractivity contribution >= 4 is 0 Å². The minimum absolute atomic E-state index is 0.554. The van der Waals surface area contributed by atoms with E-state index in [1.165, 1.54) is 128 Å². The largest absolute Gasteiger partial charge is 0.381 e. The van der Waals surface area contributed by atoms with E-state index in [-0.39, 0.29) is 0 Å². The highest BCUT2D eigenvalue weighted by Crippen LogP contribution is 2.46. The molecule has 334 valence electrons. The molecule has 3 aliphatic carbocycles. The zero-order chi connectivity index (χ0) is 41.9. The van der Waals surface area contributed by atoms with Gasteiger partial charge in [0.25, 0.3) is 0 Å². The van der Waals surface area contributed by atoms with E-state index in [0.717, 1.165) is 78.5 Å². The molecule has 6 unspecified atom stereocenters. The Labute approximate surface area is 353 Å². The van der Waals surface area contributed by atoms with Gasteiger partial charge in [-0.05, 0) is 147 Å². The summed E-state index contributed by atoms with van der Waals surface area (Å²) in [5.74, 6) is 8.84. The summed E-state index contributed by atoms with van der Waals surface area (Å²) in [4.78, 5) is 0. The molecule has 4 heterocycles. The van der Waals surface area contributed by atoms with Crippen LogP contribution in [0.25, 0.3) is 0 Å². The number of ether oxygens (including phenoxy) is 3. The Balaban J connectivity index is 0.000000233. The Morgan fingerprint density at radius 2 is 1.07 bits per heavy atom. The molecule has 56 heavy (non-hydrogen) atoms. The molecule has 7 rings (SSSR count). The van der Waals surface area contributed by atoms with E-state index >= 15 is 0 Å². The van der Waals surface area contributed by atoms with Gasteiger partial charge in [0.05, 0.1) is 18.3 Å². The number of rotatable bonds is 6. The van der Waals surface area contributed by atoms with Gasteiger partial charge in [0.15, 0.2) is 0 Å². The zero-order valence-corrected chi connectivity index (χ0v) is 41.0. The predicted octanol–water partition coefficient (Wildman–Crippen LogP) is 16.4. The van der Waals surface area contributed by atoms with Crippen molar-refractivity contribution in [3.05, 3.63) is 0 Å². The second-order valence-corrected chi connectivity index (χ2v) is 23.0. The Morgan fingerprint density at radius 1 is 0.482 bits per heavy atom. The fourth-order valence-electron chi connectivity index (χ4n) is 10.4. The lowest BCUT2D eigenvalue weighted by Gasteiger charge is -2.42. The van der Waals surface area contributed by atoms with Gasteiger partial charge < -0.3 is 14.2 Å². The maximum atomic E-state index is 5.75. The van der Waals surface area contributed by atoms with Crippen molar-refractivity contribution in [2.24, 2.45) is 70.0 Å². The van der Waals surface area contributed by atoms with E-state index < -0.39 is 0 Å². The van der Waals surface area contributed by atoms with Gasteiger partial charge in [0.1, 0.15) is 0 Å². The summed E-state index contributed by atoms with van der Waals surface area (Å²) in [5.41, 5.74) is 1.35. The van der Waals surface area contributed by atoms with Crippen molar-refractivity contribution in [3.63, 3.8) is 0 Å². The summed E-state index contributed by atoms with van der Waals surface area (Å²) < 4.78 is 16.6. The average molecular weight is 789 g/mol. The third kappa shape index (κ3) is 20.0. The normalized spacial score (nSPS) is 30.8. The van der Waals surface area contributed by atoms with Crippen LogP contribution >= 0.6 is 0 Å². The quantitative estimate of drug-likeness (QED) is 0.268. The van der Waals surface area contributed by atoms with Crippen LogP contribution in [0, 0.1) is 70.0 Å². The van der Waals surface area contributed by atoms with E-state index in [1.54, 1.807) is 0 Å². The minimum Gasteiger partial charge on any atom is -0.381 e. The van der Waals surface area contributed by atoms with Gasteiger partial charge in [-0.3, -0.25) is 0 Å². The number of hydrogen-bond acceptors (Lipinski definition) is 3. The van der Waals surface area contributed by atoms with Crippen LogP contribution in [0.2, 0.25) is 0 Å². The summed E-state index contributed by atoms with van der Waals surface area (Å²) in [6.07, 6.45) is 30.0. The van der Waals surface area contributed by atoms with Crippen molar-refractivity contribution in [2.45, 2.75) is 251 Å². The predicted molar refractivity (Wildman–Crippen MR) is 246 cm³/mol. The molecule has 0 amide bonds. The van der Waals surface area contributed by atoms with E-state index in [9.17, 15) is 0 Å². The van der Waals surface area contributed by atoms with Crippen LogP contribution in [0.5, 0.6) is 0 Å². The number of fused-ring (bicyclic) bond motifs is 2. The number of hydrogen-bond donors (Lipinski definition) is 0. The van der Waals surface area contributed by atoms with Gasteiger partial charge in [0.2, 0.25) is 0 Å². The summed E-state index contributed by atoms with van der Waals surface area (Å²) >= 11 is 0. The molecule has 0 radical (unpaired) electrons. The summed E-state index contributed by atoms with van der Waals surface area (Å²) in [6, 6.07) is 0. The van der Waals surface area contributed by atoms with Gasteiger partial charge >= 0.3 is 0 Å². The van der Waals surface area contributed by atoms with Crippen molar-refractivity contribution < 1.29 is 14.2 Å². The third-order valence-corrected chi connectivity index (χ3v) is 15.8. The highest BCUT2D eigenvalue weighted by molar-refractivity contribution is 4.90. The van der Waals surface area contributed by atoms with Gasteiger partial charge in [-0.15, -0.1) is 0 Å². The molecule has 4 aliphatic heterocycles. The first-order valence-corrected chi connectivity index (χ1v) is 25.2. The lowest BCUT2D eigenvalue weighted by molar-refractivity contribution is -0.0115. The Bertz CT molecular complexity index is 890. The van der Waals surface area contributed by atoms with Crippen LogP contribution in [0.4, 0.5) is 0 Å². The molecule has 0 spiro atoms. The molecule has 7 fully saturated rings. The van der Waals surface area contributed by atoms with Crippen LogP contribution in [-0.2, 0) is 14.2 Å². The summed E-state index contributed by atoms with van der Waals surface area (Å²) in [7, 11) is 0. The van der Waals surface area contributed by atoms with E-state index in [4.69, 9.17) is 14.2 Å². The smallest absolute Gasteiger partial charge is 0.0611 e. The fourth-order valence-corrected chi connectivity index (χ4v) is 10.4. The molecule has 3 saturated carbocycles. The standard InChI is InChI=1S/C11H22.C9H16O.C9H18.2C8H16O.C8H16/c1-9(2)10-6-5-7-11(3,4)8-10;1-6(2)8-5-7-3-4-9(8)10-7;1-8(2)9-6-4-3-5-7-9;1-7(2)8-4-3-5-9-6-8;1-7(2)8-5-3-4-6-9-8;1-7(2)8(3)5-4-6-8/h9-10H,5-8H2,1-4H3;6-9H,3-5H2,1-2H3;8-9H,3-7H2,1-2H3;2*7-8H,3-6H2,1-2H3;7H,4-6H2,1-3H3. The molecule has 0 N–H and O–H groups in total. The van der Waals surface area contributed by atoms with Crippen molar-refractivity contribution in [1.29, 1.82) is 0 Å². The maximum absolute atomic E-state index is 5.75. The Hall–Kier alpha value is -0.120. The molecule has 2 bridgehead atoms. The molecular weight excluding hydrogens is 685 g/mol. The van der Waals surface area contributed by atoms with Crippen molar-refractivity contribution in [3.8, 4) is 0 Å². The average Bonchev–Trinajstić information content (AvgIpc) is 3.81. The molecule has 7 aliphatic rings. The molecular formula is C53H104O3. The van der Waals surface area contributed by atoms with Crippen LogP contribution < -0.4 is 0 Å². The lowest BCUT2D eigenvalue weighted by atomic mass is 9.64. The molecule has 3 nitrogen and oxygen atoms in total. The first kappa shape index (κ1) is 52.0. The molecule has 3 heteroatoms. The monoisotopic (exact) mass is 789 g/mol. The van der Waals surface area contributed by atoms with E-state index in [1.807, 2.05) is 0 Å². The maximum Gasteiger partial charge on any atom is 0.0611 e. The van der Waals surface area contributed by atoms with Crippen LogP contribution in [0.3, 0.4) is 0 Å². The Kier molecular flexibility index (Phi) is 25.0. The van der Waals surface area contributed by atoms with E-state index in [0.29, 0.717) is 29.6 Å². The van der Waals surface area contributed by atoms with E-state index in [2.05, 4.69) is 104 Å². The highest BCUT2D eigenvalue weighted by atomic mass is 16.5. The van der Waals surface area contributed by atoms with Crippen molar-refractivity contribution in [2.75, 3.05) is 19.8 Å². The van der Waals surface area contributed by atoms with Crippen LogP contribution in [0.1, 0.15) is 232 Å². The second kappa shape index (κ2) is 27.0. The molecule has 4 saturated heterocycles. The SMILES string of the molecule is CC(C)C1(C)CCC1.CC(C)C1CC2CCC1O2.CC(C)C1CCCC(C)(C)C1.CC(C)C1CCCCC1.CC(C)C1CCCCO1.CC(C)C1CCCOC1. The van der Waals surface area contributed by atoms with Crippen molar-refractivity contribution in [1.82, 2.24) is 0 Å².